The minimum Gasteiger partial charge on any atom is -0.496 e. The fourth-order valence-electron chi connectivity index (χ4n) is 7.02. The summed E-state index contributed by atoms with van der Waals surface area (Å²) in [5, 5.41) is 28.8. The average Bonchev–Trinajstić information content (AvgIpc) is 3.53. The summed E-state index contributed by atoms with van der Waals surface area (Å²) in [6.45, 7) is 6.01. The fraction of sp³-hybridized carbons (Fsp3) is 0.359. The van der Waals surface area contributed by atoms with Crippen molar-refractivity contribution in [2.75, 3.05) is 20.2 Å². The second kappa shape index (κ2) is 14.5. The number of allylic oxidation sites excluding steroid dienone is 2. The summed E-state index contributed by atoms with van der Waals surface area (Å²) in [5.74, 6) is 0.487. The lowest BCUT2D eigenvalue weighted by Gasteiger charge is -2.39. The number of alkyl halides is 1. The van der Waals surface area contributed by atoms with Crippen LogP contribution in [0.25, 0.3) is 28.1 Å². The van der Waals surface area contributed by atoms with E-state index in [2.05, 4.69) is 31.9 Å². The van der Waals surface area contributed by atoms with Gasteiger partial charge < -0.3 is 30.2 Å². The van der Waals surface area contributed by atoms with E-state index in [-0.39, 0.29) is 29.8 Å². The van der Waals surface area contributed by atoms with Crippen LogP contribution in [0.3, 0.4) is 0 Å². The number of amides is 2. The van der Waals surface area contributed by atoms with Crippen LogP contribution < -0.4 is 20.7 Å². The summed E-state index contributed by atoms with van der Waals surface area (Å²) in [4.78, 5) is 35.2. The largest absolute Gasteiger partial charge is 0.496 e. The lowest BCUT2D eigenvalue weighted by Crippen LogP contribution is -2.58. The van der Waals surface area contributed by atoms with Crippen LogP contribution in [0.2, 0.25) is 0 Å². The molecular weight excluding hydrogens is 682 g/mol. The normalized spacial score (nSPS) is 22.9. The second-order valence-electron chi connectivity index (χ2n) is 13.9. The first-order chi connectivity index (χ1) is 25.0. The number of aliphatic hydroxyl groups is 1. The highest BCUT2D eigenvalue weighted by atomic mass is 35.5. The number of pyridine rings is 1. The molecule has 2 aromatic heterocycles. The molecule has 4 N–H and O–H groups in total. The second-order valence-corrected chi connectivity index (χ2v) is 14.7. The first-order valence-corrected chi connectivity index (χ1v) is 17.7. The Kier molecular flexibility index (Phi) is 9.87. The molecule has 13 heteroatoms. The van der Waals surface area contributed by atoms with E-state index in [1.807, 2.05) is 61.5 Å². The number of methoxy groups -OCH3 is 1. The molecule has 52 heavy (non-hydrogen) atoms. The number of rotatable bonds is 11. The first kappa shape index (κ1) is 35.3. The molecule has 268 valence electrons. The standard InChI is InChI=1S/C39H40ClN7O5/c1-22(48)44-29-20-47(21-29)19-23-10-26(16-41)36-32(11-23)45-38(52-36)25-7-4-6-24(12-25)31-8-5-9-35(39(31,2)40)46-37(50)33-15-34(51-3)27(18-43-33)17-42-28-13-30(49)14-28/h4-12,15,18,28-30,35,42,49H,13-14,17,19-21H2,1-3H3,(H,44,48)(H,46,50)/t28-,30-,35?,39?. The van der Waals surface area contributed by atoms with Crippen LogP contribution in [-0.4, -0.2) is 81.1 Å². The van der Waals surface area contributed by atoms with Gasteiger partial charge in [0.05, 0.1) is 35.7 Å². The molecule has 1 aliphatic heterocycles. The predicted molar refractivity (Wildman–Crippen MR) is 196 cm³/mol. The van der Waals surface area contributed by atoms with Crippen LogP contribution in [0.5, 0.6) is 5.75 Å². The lowest BCUT2D eigenvalue weighted by atomic mass is 9.83. The van der Waals surface area contributed by atoms with E-state index >= 15 is 0 Å². The van der Waals surface area contributed by atoms with Gasteiger partial charge >= 0.3 is 0 Å². The Labute approximate surface area is 306 Å². The Morgan fingerprint density at radius 2 is 1.94 bits per heavy atom. The number of nitriles is 1. The highest BCUT2D eigenvalue weighted by Crippen LogP contribution is 2.40. The van der Waals surface area contributed by atoms with Crippen molar-refractivity contribution in [2.45, 2.75) is 68.9 Å². The van der Waals surface area contributed by atoms with Crippen molar-refractivity contribution in [3.63, 3.8) is 0 Å². The lowest BCUT2D eigenvalue weighted by molar-refractivity contribution is -0.120. The van der Waals surface area contributed by atoms with Gasteiger partial charge in [0, 0.05) is 62.5 Å². The Balaban J connectivity index is 1.05. The van der Waals surface area contributed by atoms with Gasteiger partial charge in [-0.1, -0.05) is 30.4 Å². The van der Waals surface area contributed by atoms with Gasteiger partial charge in [0.25, 0.3) is 5.91 Å². The Bertz CT molecular complexity index is 2120. The number of fused-ring (bicyclic) bond motifs is 1. The number of carbonyl (C=O) groups is 2. The van der Waals surface area contributed by atoms with E-state index in [0.717, 1.165) is 35.4 Å². The molecule has 2 atom stereocenters. The number of hydrogen-bond acceptors (Lipinski definition) is 10. The molecule has 4 aromatic rings. The first-order valence-electron chi connectivity index (χ1n) is 17.3. The summed E-state index contributed by atoms with van der Waals surface area (Å²) in [5.41, 5.74) is 5.70. The number of likely N-dealkylation sites (tertiary alicyclic amines) is 1. The highest BCUT2D eigenvalue weighted by Gasteiger charge is 2.38. The Hall–Kier alpha value is -5.06. The van der Waals surface area contributed by atoms with Gasteiger partial charge in [0.1, 0.15) is 23.0 Å². The van der Waals surface area contributed by atoms with Crippen molar-refractivity contribution in [1.82, 2.24) is 30.8 Å². The van der Waals surface area contributed by atoms with Crippen LogP contribution in [0, 0.1) is 11.3 Å². The Morgan fingerprint density at radius 1 is 1.15 bits per heavy atom. The van der Waals surface area contributed by atoms with Gasteiger partial charge in [0.2, 0.25) is 11.8 Å². The van der Waals surface area contributed by atoms with E-state index in [0.29, 0.717) is 59.8 Å². The van der Waals surface area contributed by atoms with Crippen LogP contribution in [-0.2, 0) is 17.9 Å². The zero-order chi connectivity index (χ0) is 36.6. The van der Waals surface area contributed by atoms with Crippen molar-refractivity contribution < 1.29 is 23.8 Å². The smallest absolute Gasteiger partial charge is 0.270 e. The number of ether oxygens (including phenoxy) is 1. The van der Waals surface area contributed by atoms with E-state index < -0.39 is 16.8 Å². The third-order valence-electron chi connectivity index (χ3n) is 9.92. The quantitative estimate of drug-likeness (QED) is 0.163. The molecule has 7 rings (SSSR count). The predicted octanol–water partition coefficient (Wildman–Crippen LogP) is 4.45. The number of nitrogens with one attached hydrogen (secondary N) is 3. The molecule has 2 unspecified atom stereocenters. The molecule has 2 fully saturated rings. The van der Waals surface area contributed by atoms with Gasteiger partial charge in [0.15, 0.2) is 5.58 Å². The zero-order valence-electron chi connectivity index (χ0n) is 29.1. The molecule has 1 saturated carbocycles. The number of benzene rings is 2. The summed E-state index contributed by atoms with van der Waals surface area (Å²) >= 11 is 7.26. The SMILES string of the molecule is COc1cc(C(=O)NC2C=CC=C(c3cccc(-c4nc5cc(CN6CC(NC(C)=O)C6)cc(C#N)c5o4)c3)C2(C)Cl)ncc1CN[C@H]1C[C@H](O)C1. The number of hydrogen-bond donors (Lipinski definition) is 4. The fourth-order valence-corrected chi connectivity index (χ4v) is 7.32. The summed E-state index contributed by atoms with van der Waals surface area (Å²) < 4.78 is 11.7. The minimum absolute atomic E-state index is 0.0389. The number of oxazole rings is 1. The average molecular weight is 722 g/mol. The van der Waals surface area contributed by atoms with Gasteiger partial charge in [-0.25, -0.2) is 4.98 Å². The summed E-state index contributed by atoms with van der Waals surface area (Å²) in [7, 11) is 1.56. The van der Waals surface area contributed by atoms with E-state index in [4.69, 9.17) is 25.7 Å². The van der Waals surface area contributed by atoms with Crippen LogP contribution in [0.4, 0.5) is 0 Å². The van der Waals surface area contributed by atoms with E-state index in [1.165, 1.54) is 6.92 Å². The molecule has 3 aliphatic rings. The maximum Gasteiger partial charge on any atom is 0.270 e. The monoisotopic (exact) mass is 721 g/mol. The third-order valence-corrected chi connectivity index (χ3v) is 10.4. The number of aromatic nitrogens is 2. The molecule has 3 heterocycles. The van der Waals surface area contributed by atoms with Gasteiger partial charge in [-0.05, 0) is 60.7 Å². The van der Waals surface area contributed by atoms with Crippen LogP contribution >= 0.6 is 11.6 Å². The maximum atomic E-state index is 13.5. The Morgan fingerprint density at radius 3 is 2.67 bits per heavy atom. The van der Waals surface area contributed by atoms with Crippen LogP contribution in [0.1, 0.15) is 59.4 Å². The zero-order valence-corrected chi connectivity index (χ0v) is 29.9. The maximum absolute atomic E-state index is 13.5. The van der Waals surface area contributed by atoms with Crippen molar-refractivity contribution in [2.24, 2.45) is 0 Å². The molecule has 0 bridgehead atoms. The number of aliphatic hydroxyl groups excluding tert-OH is 1. The topological polar surface area (TPSA) is 166 Å². The molecule has 0 spiro atoms. The van der Waals surface area contributed by atoms with Crippen molar-refractivity contribution in [1.29, 1.82) is 5.26 Å². The number of carbonyl (C=O) groups excluding carboxylic acids is 2. The number of nitrogens with zero attached hydrogens (tertiary/aromatic N) is 4. The molecular formula is C39H40ClN7O5. The van der Waals surface area contributed by atoms with Crippen molar-refractivity contribution in [3.8, 4) is 23.3 Å². The van der Waals surface area contributed by atoms with Crippen LogP contribution in [0.15, 0.2) is 71.3 Å². The van der Waals surface area contributed by atoms with E-state index in [1.54, 1.807) is 19.4 Å². The van der Waals surface area contributed by atoms with E-state index in [9.17, 15) is 20.0 Å². The van der Waals surface area contributed by atoms with Gasteiger partial charge in [-0.15, -0.1) is 11.6 Å². The molecule has 2 aromatic carbocycles. The molecule has 0 radical (unpaired) electrons. The minimum atomic E-state index is -1.02. The molecule has 2 aliphatic carbocycles. The molecule has 2 amide bonds. The van der Waals surface area contributed by atoms with Crippen molar-refractivity contribution >= 4 is 40.1 Å². The van der Waals surface area contributed by atoms with Gasteiger partial charge in [-0.2, -0.15) is 5.26 Å². The third kappa shape index (κ3) is 7.31. The summed E-state index contributed by atoms with van der Waals surface area (Å²) in [6.07, 6.45) is 8.46. The molecule has 1 saturated heterocycles. The van der Waals surface area contributed by atoms with Gasteiger partial charge in [-0.3, -0.25) is 19.5 Å². The molecule has 12 nitrogen and oxygen atoms in total. The summed E-state index contributed by atoms with van der Waals surface area (Å²) in [6, 6.07) is 15.1. The van der Waals surface area contributed by atoms with Crippen molar-refractivity contribution in [3.05, 3.63) is 94.8 Å². The number of halogens is 1. The highest BCUT2D eigenvalue weighted by molar-refractivity contribution is 6.31.